The Bertz CT molecular complexity index is 325. The van der Waals surface area contributed by atoms with Crippen LogP contribution in [0, 0.1) is 0 Å². The predicted molar refractivity (Wildman–Crippen MR) is 75.4 cm³/mol. The van der Waals surface area contributed by atoms with Gasteiger partial charge in [-0.2, -0.15) is 0 Å². The van der Waals surface area contributed by atoms with E-state index in [4.69, 9.17) is 15.2 Å². The zero-order valence-corrected chi connectivity index (χ0v) is 12.7. The lowest BCUT2D eigenvalue weighted by Gasteiger charge is -2.42. The Balaban J connectivity index is 0.00000180. The first-order chi connectivity index (χ1) is 8.41. The molecule has 0 aliphatic carbocycles. The largest absolute Gasteiger partial charge is 0.369 e. The van der Waals surface area contributed by atoms with Crippen LogP contribution in [0.1, 0.15) is 33.6 Å². The quantitative estimate of drug-likeness (QED) is 0.823. The first-order valence-corrected chi connectivity index (χ1v) is 6.73. The topological polar surface area (TPSA) is 64.8 Å². The van der Waals surface area contributed by atoms with Gasteiger partial charge in [-0.15, -0.1) is 12.4 Å². The molecular weight excluding hydrogens is 268 g/mol. The van der Waals surface area contributed by atoms with E-state index >= 15 is 0 Å². The lowest BCUT2D eigenvalue weighted by Crippen LogP contribution is -2.56. The highest BCUT2D eigenvalue weighted by molar-refractivity contribution is 5.85. The van der Waals surface area contributed by atoms with Crippen molar-refractivity contribution in [2.45, 2.75) is 57.5 Å². The number of carbonyl (C=O) groups is 1. The fraction of sp³-hybridized carbons (Fsp3) is 0.923. The summed E-state index contributed by atoms with van der Waals surface area (Å²) in [6.45, 7) is 7.80. The van der Waals surface area contributed by atoms with Crippen molar-refractivity contribution in [3.05, 3.63) is 0 Å². The molecule has 1 amide bonds. The van der Waals surface area contributed by atoms with Crippen molar-refractivity contribution in [1.29, 1.82) is 0 Å². The summed E-state index contributed by atoms with van der Waals surface area (Å²) >= 11 is 0. The van der Waals surface area contributed by atoms with E-state index in [-0.39, 0.29) is 42.2 Å². The van der Waals surface area contributed by atoms with Crippen molar-refractivity contribution in [2.24, 2.45) is 5.73 Å². The van der Waals surface area contributed by atoms with E-state index in [9.17, 15) is 4.79 Å². The number of nitrogens with zero attached hydrogens (tertiary/aromatic N) is 1. The van der Waals surface area contributed by atoms with Crippen molar-refractivity contribution in [1.82, 2.24) is 4.90 Å². The van der Waals surface area contributed by atoms with Crippen molar-refractivity contribution in [3.63, 3.8) is 0 Å². The zero-order valence-electron chi connectivity index (χ0n) is 11.9. The Morgan fingerprint density at radius 1 is 1.42 bits per heavy atom. The first kappa shape index (κ1) is 16.7. The SMILES string of the molecule is CC1CN(C(=O)[C@@H]2CC[C@H](CN)O2)CC(C)(C)O1.Cl. The van der Waals surface area contributed by atoms with Crippen molar-refractivity contribution in [3.8, 4) is 0 Å². The smallest absolute Gasteiger partial charge is 0.251 e. The van der Waals surface area contributed by atoms with Crippen molar-refractivity contribution in [2.75, 3.05) is 19.6 Å². The molecule has 1 unspecified atom stereocenters. The first-order valence-electron chi connectivity index (χ1n) is 6.73. The van der Waals surface area contributed by atoms with Gasteiger partial charge in [0.15, 0.2) is 0 Å². The van der Waals surface area contributed by atoms with Gasteiger partial charge in [0.05, 0.1) is 17.8 Å². The van der Waals surface area contributed by atoms with Gasteiger partial charge in [-0.1, -0.05) is 0 Å². The van der Waals surface area contributed by atoms with Gasteiger partial charge in [0.2, 0.25) is 0 Å². The van der Waals surface area contributed by atoms with Gasteiger partial charge < -0.3 is 20.1 Å². The maximum atomic E-state index is 12.4. The fourth-order valence-corrected chi connectivity index (χ4v) is 2.89. The minimum absolute atomic E-state index is 0. The van der Waals surface area contributed by atoms with Gasteiger partial charge >= 0.3 is 0 Å². The molecule has 3 atom stereocenters. The maximum Gasteiger partial charge on any atom is 0.251 e. The summed E-state index contributed by atoms with van der Waals surface area (Å²) in [7, 11) is 0. The lowest BCUT2D eigenvalue weighted by atomic mass is 10.0. The Labute approximate surface area is 121 Å². The van der Waals surface area contributed by atoms with Crippen LogP contribution in [0.25, 0.3) is 0 Å². The Morgan fingerprint density at radius 2 is 2.11 bits per heavy atom. The van der Waals surface area contributed by atoms with Crippen molar-refractivity contribution < 1.29 is 14.3 Å². The second kappa shape index (κ2) is 6.39. The van der Waals surface area contributed by atoms with E-state index < -0.39 is 0 Å². The number of carbonyl (C=O) groups excluding carboxylic acids is 1. The summed E-state index contributed by atoms with van der Waals surface area (Å²) < 4.78 is 11.5. The van der Waals surface area contributed by atoms with Crippen LogP contribution in [0.5, 0.6) is 0 Å². The van der Waals surface area contributed by atoms with Crippen LogP contribution in [0.15, 0.2) is 0 Å². The molecule has 2 N–H and O–H groups in total. The molecule has 0 aromatic rings. The van der Waals surface area contributed by atoms with E-state index in [1.807, 2.05) is 25.7 Å². The molecule has 0 spiro atoms. The summed E-state index contributed by atoms with van der Waals surface area (Å²) in [4.78, 5) is 14.3. The predicted octanol–water partition coefficient (Wildman–Crippen LogP) is 0.940. The number of nitrogens with two attached hydrogens (primary N) is 1. The number of ether oxygens (including phenoxy) is 2. The second-order valence-electron chi connectivity index (χ2n) is 5.97. The summed E-state index contributed by atoms with van der Waals surface area (Å²) in [5.41, 5.74) is 5.29. The number of halogens is 1. The molecule has 0 saturated carbocycles. The molecule has 0 aromatic heterocycles. The molecule has 5 nitrogen and oxygen atoms in total. The van der Waals surface area contributed by atoms with Gasteiger partial charge in [-0.3, -0.25) is 4.79 Å². The molecule has 0 radical (unpaired) electrons. The monoisotopic (exact) mass is 292 g/mol. The minimum Gasteiger partial charge on any atom is -0.369 e. The highest BCUT2D eigenvalue weighted by Gasteiger charge is 2.38. The van der Waals surface area contributed by atoms with E-state index in [2.05, 4.69) is 0 Å². The average Bonchev–Trinajstić information content (AvgIpc) is 2.73. The average molecular weight is 293 g/mol. The minimum atomic E-state index is -0.306. The highest BCUT2D eigenvalue weighted by atomic mass is 35.5. The molecule has 19 heavy (non-hydrogen) atoms. The van der Waals surface area contributed by atoms with Crippen LogP contribution in [-0.4, -0.2) is 54.4 Å². The van der Waals surface area contributed by atoms with Crippen LogP contribution in [-0.2, 0) is 14.3 Å². The number of rotatable bonds is 2. The Hall–Kier alpha value is -0.360. The molecule has 2 rings (SSSR count). The molecule has 2 saturated heterocycles. The fourth-order valence-electron chi connectivity index (χ4n) is 2.89. The molecular formula is C13H25ClN2O3. The van der Waals surface area contributed by atoms with Gasteiger partial charge in [0, 0.05) is 19.6 Å². The number of morpholine rings is 1. The Morgan fingerprint density at radius 3 is 2.63 bits per heavy atom. The standard InChI is InChI=1S/C13H24N2O3.ClH/c1-9-7-15(8-13(2,3)18-9)12(16)11-5-4-10(6-14)17-11;/h9-11H,4-8,14H2,1-3H3;1H/t9?,10-,11+;/m1./s1. The van der Waals surface area contributed by atoms with Gasteiger partial charge in [0.25, 0.3) is 5.91 Å². The lowest BCUT2D eigenvalue weighted by molar-refractivity contribution is -0.166. The third kappa shape index (κ3) is 4.05. The molecule has 2 aliphatic heterocycles. The van der Waals surface area contributed by atoms with Gasteiger partial charge in [0.1, 0.15) is 6.10 Å². The van der Waals surface area contributed by atoms with E-state index in [1.54, 1.807) is 0 Å². The summed E-state index contributed by atoms with van der Waals surface area (Å²) in [6.07, 6.45) is 1.48. The maximum absolute atomic E-state index is 12.4. The normalized spacial score (nSPS) is 33.9. The zero-order chi connectivity index (χ0) is 13.3. The molecule has 0 aromatic carbocycles. The van der Waals surface area contributed by atoms with Crippen LogP contribution in [0.4, 0.5) is 0 Å². The Kier molecular flexibility index (Phi) is 5.62. The molecule has 2 heterocycles. The summed E-state index contributed by atoms with van der Waals surface area (Å²) in [6, 6.07) is 0. The molecule has 112 valence electrons. The third-order valence-corrected chi connectivity index (χ3v) is 3.53. The van der Waals surface area contributed by atoms with E-state index in [1.165, 1.54) is 0 Å². The van der Waals surface area contributed by atoms with Crippen LogP contribution >= 0.6 is 12.4 Å². The van der Waals surface area contributed by atoms with E-state index in [0.29, 0.717) is 19.6 Å². The summed E-state index contributed by atoms with van der Waals surface area (Å²) in [5, 5.41) is 0. The summed E-state index contributed by atoms with van der Waals surface area (Å²) in [5.74, 6) is 0.0918. The number of hydrogen-bond acceptors (Lipinski definition) is 4. The molecule has 2 fully saturated rings. The van der Waals surface area contributed by atoms with Gasteiger partial charge in [-0.05, 0) is 33.6 Å². The second-order valence-corrected chi connectivity index (χ2v) is 5.97. The van der Waals surface area contributed by atoms with Crippen molar-refractivity contribution >= 4 is 18.3 Å². The molecule has 6 heteroatoms. The number of hydrogen-bond donors (Lipinski definition) is 1. The van der Waals surface area contributed by atoms with Crippen LogP contribution in [0.2, 0.25) is 0 Å². The molecule has 0 bridgehead atoms. The number of amides is 1. The van der Waals surface area contributed by atoms with E-state index in [0.717, 1.165) is 12.8 Å². The highest BCUT2D eigenvalue weighted by Crippen LogP contribution is 2.25. The van der Waals surface area contributed by atoms with Gasteiger partial charge in [-0.25, -0.2) is 0 Å². The van der Waals surface area contributed by atoms with Crippen LogP contribution < -0.4 is 5.73 Å². The third-order valence-electron chi connectivity index (χ3n) is 3.53. The molecule has 2 aliphatic rings. The van der Waals surface area contributed by atoms with Crippen LogP contribution in [0.3, 0.4) is 0 Å².